The molecular formula is C23H25BrN2O. The van der Waals surface area contributed by atoms with Gasteiger partial charge in [0.05, 0.1) is 12.1 Å². The number of carbonyl (C=O) groups excluding carboxylic acids is 1. The molecule has 0 saturated carbocycles. The maximum absolute atomic E-state index is 13.1. The molecule has 0 fully saturated rings. The Morgan fingerprint density at radius 2 is 1.85 bits per heavy atom. The molecule has 1 heterocycles. The van der Waals surface area contributed by atoms with E-state index in [1.54, 1.807) is 0 Å². The molecule has 4 heteroatoms. The first-order valence-electron chi connectivity index (χ1n) is 9.21. The Morgan fingerprint density at radius 3 is 2.56 bits per heavy atom. The average molecular weight is 425 g/mol. The molecule has 1 amide bonds. The van der Waals surface area contributed by atoms with Crippen molar-refractivity contribution >= 4 is 21.8 Å². The molecule has 0 unspecified atom stereocenters. The van der Waals surface area contributed by atoms with Gasteiger partial charge in [0.25, 0.3) is 5.91 Å². The second-order valence-electron chi connectivity index (χ2n) is 7.12. The van der Waals surface area contributed by atoms with Gasteiger partial charge >= 0.3 is 0 Å². The van der Waals surface area contributed by atoms with Crippen molar-refractivity contribution in [3.63, 3.8) is 0 Å². The summed E-state index contributed by atoms with van der Waals surface area (Å²) in [6.07, 6.45) is 2.08. The van der Waals surface area contributed by atoms with Crippen LogP contribution in [0.25, 0.3) is 0 Å². The fourth-order valence-electron chi connectivity index (χ4n) is 3.21. The van der Waals surface area contributed by atoms with Crippen LogP contribution in [0.3, 0.4) is 0 Å². The molecule has 27 heavy (non-hydrogen) atoms. The summed E-state index contributed by atoms with van der Waals surface area (Å²) in [5.74, 6) is 0.0424. The summed E-state index contributed by atoms with van der Waals surface area (Å²) in [5, 5.41) is 0. The highest BCUT2D eigenvalue weighted by Crippen LogP contribution is 2.21. The van der Waals surface area contributed by atoms with Gasteiger partial charge in [0.1, 0.15) is 0 Å². The minimum Gasteiger partial charge on any atom is -0.345 e. The topological polar surface area (TPSA) is 25.2 Å². The average Bonchev–Trinajstić information content (AvgIpc) is 3.06. The number of aromatic nitrogens is 1. The van der Waals surface area contributed by atoms with Crippen molar-refractivity contribution in [1.29, 1.82) is 0 Å². The van der Waals surface area contributed by atoms with Crippen LogP contribution in [0.2, 0.25) is 0 Å². The first kappa shape index (κ1) is 19.4. The molecule has 0 atom stereocenters. The lowest BCUT2D eigenvalue weighted by atomic mass is 10.1. The number of hydrogen-bond donors (Lipinski definition) is 0. The molecule has 0 aliphatic heterocycles. The van der Waals surface area contributed by atoms with Gasteiger partial charge in [-0.25, -0.2) is 0 Å². The maximum atomic E-state index is 13.1. The fourth-order valence-corrected chi connectivity index (χ4v) is 3.66. The quantitative estimate of drug-likeness (QED) is 0.501. The SMILES string of the molecule is Cc1cccc(Cn2cccc2CN(C(=O)c2ccccc2Br)C(C)C)c1. The van der Waals surface area contributed by atoms with Crippen LogP contribution in [-0.2, 0) is 13.1 Å². The summed E-state index contributed by atoms with van der Waals surface area (Å²) < 4.78 is 3.05. The summed E-state index contributed by atoms with van der Waals surface area (Å²) in [5.41, 5.74) is 4.35. The van der Waals surface area contributed by atoms with Crippen LogP contribution < -0.4 is 0 Å². The van der Waals surface area contributed by atoms with Crippen LogP contribution >= 0.6 is 15.9 Å². The van der Waals surface area contributed by atoms with E-state index in [4.69, 9.17) is 0 Å². The van der Waals surface area contributed by atoms with Gasteiger partial charge in [-0.1, -0.05) is 42.0 Å². The summed E-state index contributed by atoms with van der Waals surface area (Å²) in [4.78, 5) is 15.1. The Kier molecular flexibility index (Phi) is 6.17. The molecule has 3 rings (SSSR count). The Balaban J connectivity index is 1.83. The molecule has 2 aromatic carbocycles. The summed E-state index contributed by atoms with van der Waals surface area (Å²) in [6.45, 7) is 7.61. The number of rotatable bonds is 6. The molecule has 0 aliphatic carbocycles. The number of halogens is 1. The minimum absolute atomic E-state index is 0.0424. The molecule has 0 radical (unpaired) electrons. The highest BCUT2D eigenvalue weighted by Gasteiger charge is 2.22. The lowest BCUT2D eigenvalue weighted by Crippen LogP contribution is -2.37. The molecule has 3 aromatic rings. The molecule has 1 aromatic heterocycles. The van der Waals surface area contributed by atoms with Gasteiger partial charge in [-0.2, -0.15) is 0 Å². The molecule has 0 spiro atoms. The van der Waals surface area contributed by atoms with Crippen LogP contribution in [-0.4, -0.2) is 21.4 Å². The normalized spacial score (nSPS) is 11.0. The van der Waals surface area contributed by atoms with E-state index >= 15 is 0 Å². The van der Waals surface area contributed by atoms with Crippen LogP contribution in [0.1, 0.15) is 41.0 Å². The van der Waals surface area contributed by atoms with E-state index in [0.29, 0.717) is 12.1 Å². The first-order valence-corrected chi connectivity index (χ1v) is 10.00. The predicted molar refractivity (Wildman–Crippen MR) is 114 cm³/mol. The lowest BCUT2D eigenvalue weighted by molar-refractivity contribution is 0.0685. The van der Waals surface area contributed by atoms with E-state index in [-0.39, 0.29) is 11.9 Å². The fraction of sp³-hybridized carbons (Fsp3) is 0.261. The number of aryl methyl sites for hydroxylation is 1. The number of nitrogens with zero attached hydrogens (tertiary/aromatic N) is 2. The third kappa shape index (κ3) is 4.69. The van der Waals surface area contributed by atoms with Gasteiger partial charge in [-0.15, -0.1) is 0 Å². The van der Waals surface area contributed by atoms with E-state index in [1.807, 2.05) is 35.2 Å². The number of benzene rings is 2. The second-order valence-corrected chi connectivity index (χ2v) is 7.98. The monoisotopic (exact) mass is 424 g/mol. The lowest BCUT2D eigenvalue weighted by Gasteiger charge is -2.28. The third-order valence-electron chi connectivity index (χ3n) is 4.68. The standard InChI is InChI=1S/C23H25BrN2O/c1-17(2)26(23(27)21-11-4-5-12-22(21)24)16-20-10-7-13-25(20)15-19-9-6-8-18(3)14-19/h4-14,17H,15-16H2,1-3H3. The molecule has 0 saturated heterocycles. The van der Waals surface area contributed by atoms with Crippen LogP contribution in [0.4, 0.5) is 0 Å². The second kappa shape index (κ2) is 8.57. The highest BCUT2D eigenvalue weighted by atomic mass is 79.9. The van der Waals surface area contributed by atoms with Crippen molar-refractivity contribution in [2.75, 3.05) is 0 Å². The third-order valence-corrected chi connectivity index (χ3v) is 5.37. The zero-order valence-corrected chi connectivity index (χ0v) is 17.6. The minimum atomic E-state index is 0.0424. The molecule has 0 N–H and O–H groups in total. The largest absolute Gasteiger partial charge is 0.345 e. The predicted octanol–water partition coefficient (Wildman–Crippen LogP) is 5.66. The van der Waals surface area contributed by atoms with Crippen molar-refractivity contribution in [2.24, 2.45) is 0 Å². The summed E-state index contributed by atoms with van der Waals surface area (Å²) in [7, 11) is 0. The Bertz CT molecular complexity index is 929. The van der Waals surface area contributed by atoms with Crippen molar-refractivity contribution in [1.82, 2.24) is 9.47 Å². The van der Waals surface area contributed by atoms with Gasteiger partial charge in [0.2, 0.25) is 0 Å². The zero-order chi connectivity index (χ0) is 19.4. The Hall–Kier alpha value is -2.33. The number of hydrogen-bond acceptors (Lipinski definition) is 1. The molecule has 0 bridgehead atoms. The van der Waals surface area contributed by atoms with Crippen molar-refractivity contribution in [2.45, 2.75) is 39.9 Å². The number of carbonyl (C=O) groups is 1. The van der Waals surface area contributed by atoms with E-state index < -0.39 is 0 Å². The van der Waals surface area contributed by atoms with Crippen LogP contribution in [0.15, 0.2) is 71.3 Å². The van der Waals surface area contributed by atoms with Gasteiger partial charge < -0.3 is 9.47 Å². The zero-order valence-electron chi connectivity index (χ0n) is 16.0. The first-order chi connectivity index (χ1) is 13.0. The van der Waals surface area contributed by atoms with Gasteiger partial charge in [0.15, 0.2) is 0 Å². The Labute approximate surface area is 169 Å². The van der Waals surface area contributed by atoms with Gasteiger partial charge in [-0.05, 0) is 66.5 Å². The van der Waals surface area contributed by atoms with Gasteiger partial charge in [0, 0.05) is 29.0 Å². The molecule has 140 valence electrons. The highest BCUT2D eigenvalue weighted by molar-refractivity contribution is 9.10. The molecular weight excluding hydrogens is 400 g/mol. The van der Waals surface area contributed by atoms with E-state index in [9.17, 15) is 4.79 Å². The van der Waals surface area contributed by atoms with Crippen molar-refractivity contribution < 1.29 is 4.79 Å². The Morgan fingerprint density at radius 1 is 1.07 bits per heavy atom. The maximum Gasteiger partial charge on any atom is 0.255 e. The molecule has 0 aliphatic rings. The van der Waals surface area contributed by atoms with E-state index in [1.165, 1.54) is 11.1 Å². The smallest absolute Gasteiger partial charge is 0.255 e. The number of amides is 1. The van der Waals surface area contributed by atoms with E-state index in [0.717, 1.165) is 16.7 Å². The van der Waals surface area contributed by atoms with Crippen molar-refractivity contribution in [3.05, 3.63) is 93.7 Å². The summed E-state index contributed by atoms with van der Waals surface area (Å²) >= 11 is 3.51. The van der Waals surface area contributed by atoms with Gasteiger partial charge in [-0.3, -0.25) is 4.79 Å². The molecule has 3 nitrogen and oxygen atoms in total. The van der Waals surface area contributed by atoms with Crippen LogP contribution in [0, 0.1) is 6.92 Å². The van der Waals surface area contributed by atoms with E-state index in [2.05, 4.69) is 77.8 Å². The summed E-state index contributed by atoms with van der Waals surface area (Å²) in [6, 6.07) is 20.4. The van der Waals surface area contributed by atoms with Crippen molar-refractivity contribution in [3.8, 4) is 0 Å². The van der Waals surface area contributed by atoms with Crippen LogP contribution in [0.5, 0.6) is 0 Å².